The zero-order valence-electron chi connectivity index (χ0n) is 8.33. The van der Waals surface area contributed by atoms with E-state index in [2.05, 4.69) is 32.5 Å². The molecule has 1 heterocycles. The minimum absolute atomic E-state index is 0.426. The Bertz CT molecular complexity index is 337. The van der Waals surface area contributed by atoms with Crippen molar-refractivity contribution in [3.63, 3.8) is 0 Å². The highest BCUT2D eigenvalue weighted by Crippen LogP contribution is 2.33. The average molecular weight is 304 g/mol. The first-order valence-electron chi connectivity index (χ1n) is 4.66. The molecule has 1 aromatic heterocycles. The van der Waals surface area contributed by atoms with E-state index in [0.717, 1.165) is 15.1 Å². The molecular weight excluding hydrogens is 291 g/mol. The van der Waals surface area contributed by atoms with E-state index < -0.39 is 0 Å². The molecule has 0 N–H and O–H groups in total. The summed E-state index contributed by atoms with van der Waals surface area (Å²) in [6.45, 7) is 0. The quantitative estimate of drug-likeness (QED) is 0.633. The second kappa shape index (κ2) is 3.92. The molecule has 76 valence electrons. The van der Waals surface area contributed by atoms with Gasteiger partial charge in [0.25, 0.3) is 0 Å². The van der Waals surface area contributed by atoms with Gasteiger partial charge in [-0.15, -0.1) is 0 Å². The molecule has 0 aliphatic heterocycles. The molecule has 0 aromatic carbocycles. The Hall–Kier alpha value is -0.520. The van der Waals surface area contributed by atoms with Gasteiger partial charge in [0.1, 0.15) is 3.70 Å². The van der Waals surface area contributed by atoms with Crippen LogP contribution in [0.25, 0.3) is 0 Å². The third-order valence-electron chi connectivity index (χ3n) is 2.11. The summed E-state index contributed by atoms with van der Waals surface area (Å²) < 4.78 is 6.76. The first kappa shape index (κ1) is 10.0. The van der Waals surface area contributed by atoms with E-state index in [0.29, 0.717) is 6.10 Å². The summed E-state index contributed by atoms with van der Waals surface area (Å²) in [5, 5.41) is 0. The van der Waals surface area contributed by atoms with Crippen LogP contribution in [0.2, 0.25) is 0 Å². The number of anilines is 1. The molecule has 1 aromatic rings. The van der Waals surface area contributed by atoms with E-state index in [9.17, 15) is 0 Å². The number of hydrogen-bond donors (Lipinski definition) is 0. The first-order chi connectivity index (χ1) is 6.66. The van der Waals surface area contributed by atoms with Gasteiger partial charge in [-0.05, 0) is 41.5 Å². The molecule has 0 amide bonds. The summed E-state index contributed by atoms with van der Waals surface area (Å²) in [5.74, 6) is 0.901. The van der Waals surface area contributed by atoms with E-state index in [4.69, 9.17) is 4.74 Å². The van der Waals surface area contributed by atoms with Crippen LogP contribution in [0.15, 0.2) is 12.3 Å². The van der Waals surface area contributed by atoms with E-state index in [1.165, 1.54) is 12.8 Å². The van der Waals surface area contributed by atoms with Crippen molar-refractivity contribution in [2.75, 3.05) is 19.0 Å². The Morgan fingerprint density at radius 2 is 2.21 bits per heavy atom. The molecule has 3 nitrogen and oxygen atoms in total. The van der Waals surface area contributed by atoms with Crippen molar-refractivity contribution in [3.8, 4) is 5.75 Å². The Morgan fingerprint density at radius 1 is 1.50 bits per heavy atom. The molecule has 0 bridgehead atoms. The van der Waals surface area contributed by atoms with Crippen molar-refractivity contribution >= 4 is 28.3 Å². The zero-order chi connectivity index (χ0) is 10.1. The molecule has 0 saturated heterocycles. The fourth-order valence-electron chi connectivity index (χ4n) is 1.21. The van der Waals surface area contributed by atoms with E-state index >= 15 is 0 Å². The molecule has 0 atom stereocenters. The number of rotatable bonds is 3. The summed E-state index contributed by atoms with van der Waals surface area (Å²) >= 11 is 2.21. The minimum Gasteiger partial charge on any atom is -0.487 e. The Labute approximate surface area is 97.6 Å². The van der Waals surface area contributed by atoms with E-state index in [1.54, 1.807) is 0 Å². The smallest absolute Gasteiger partial charge is 0.161 e. The van der Waals surface area contributed by atoms with Gasteiger partial charge in [-0.25, -0.2) is 4.98 Å². The molecule has 4 heteroatoms. The van der Waals surface area contributed by atoms with Crippen molar-refractivity contribution in [3.05, 3.63) is 16.0 Å². The monoisotopic (exact) mass is 304 g/mol. The maximum atomic E-state index is 5.77. The summed E-state index contributed by atoms with van der Waals surface area (Å²) in [6.07, 6.45) is 4.60. The highest BCUT2D eigenvalue weighted by Gasteiger charge is 2.25. The number of hydrogen-bond acceptors (Lipinski definition) is 3. The lowest BCUT2D eigenvalue weighted by Crippen LogP contribution is -2.12. The first-order valence-corrected chi connectivity index (χ1v) is 5.74. The van der Waals surface area contributed by atoms with Gasteiger partial charge in [-0.3, -0.25) is 0 Å². The van der Waals surface area contributed by atoms with Gasteiger partial charge >= 0.3 is 0 Å². The molecular formula is C10H13IN2O. The third kappa shape index (κ3) is 2.29. The molecule has 0 unspecified atom stereocenters. The predicted molar refractivity (Wildman–Crippen MR) is 64.9 cm³/mol. The number of halogens is 1. The molecule has 0 radical (unpaired) electrons. The van der Waals surface area contributed by atoms with Gasteiger partial charge in [0.15, 0.2) is 5.75 Å². The second-order valence-corrected chi connectivity index (χ2v) is 4.79. The lowest BCUT2D eigenvalue weighted by atomic mass is 10.3. The van der Waals surface area contributed by atoms with Crippen LogP contribution in [0.1, 0.15) is 12.8 Å². The number of ether oxygens (including phenoxy) is 1. The zero-order valence-corrected chi connectivity index (χ0v) is 10.5. The van der Waals surface area contributed by atoms with Crippen LogP contribution in [0.5, 0.6) is 5.75 Å². The van der Waals surface area contributed by atoms with E-state index in [1.807, 2.05) is 26.4 Å². The second-order valence-electron chi connectivity index (χ2n) is 3.69. The molecule has 14 heavy (non-hydrogen) atoms. The standard InChI is InChI=1S/C10H13IN2O/c1-13(2)8-5-10(11)12-6-9(8)14-7-3-4-7/h5-7H,3-4H2,1-2H3. The Morgan fingerprint density at radius 3 is 2.79 bits per heavy atom. The van der Waals surface area contributed by atoms with Gasteiger partial charge in [0.05, 0.1) is 18.0 Å². The fourth-order valence-corrected chi connectivity index (χ4v) is 1.65. The average Bonchev–Trinajstić information content (AvgIpc) is 2.91. The van der Waals surface area contributed by atoms with Gasteiger partial charge < -0.3 is 9.64 Å². The topological polar surface area (TPSA) is 25.4 Å². The lowest BCUT2D eigenvalue weighted by Gasteiger charge is -2.17. The SMILES string of the molecule is CN(C)c1cc(I)ncc1OC1CC1. The molecule has 1 aliphatic carbocycles. The fraction of sp³-hybridized carbons (Fsp3) is 0.500. The molecule has 1 aliphatic rings. The van der Waals surface area contributed by atoms with Crippen molar-refractivity contribution < 1.29 is 4.74 Å². The van der Waals surface area contributed by atoms with Crippen LogP contribution >= 0.6 is 22.6 Å². The van der Waals surface area contributed by atoms with Gasteiger partial charge in [0.2, 0.25) is 0 Å². The lowest BCUT2D eigenvalue weighted by molar-refractivity contribution is 0.302. The van der Waals surface area contributed by atoms with Crippen LogP contribution in [0.4, 0.5) is 5.69 Å². The van der Waals surface area contributed by atoms with Crippen molar-refractivity contribution in [1.29, 1.82) is 0 Å². The third-order valence-corrected chi connectivity index (χ3v) is 2.70. The van der Waals surface area contributed by atoms with Crippen molar-refractivity contribution in [1.82, 2.24) is 4.98 Å². The number of aromatic nitrogens is 1. The largest absolute Gasteiger partial charge is 0.487 e. The number of nitrogens with zero attached hydrogens (tertiary/aromatic N) is 2. The van der Waals surface area contributed by atoms with Crippen LogP contribution in [0, 0.1) is 3.70 Å². The van der Waals surface area contributed by atoms with E-state index in [-0.39, 0.29) is 0 Å². The van der Waals surface area contributed by atoms with Gasteiger partial charge in [-0.2, -0.15) is 0 Å². The van der Waals surface area contributed by atoms with Crippen LogP contribution in [-0.4, -0.2) is 25.2 Å². The summed E-state index contributed by atoms with van der Waals surface area (Å²) in [4.78, 5) is 6.30. The maximum Gasteiger partial charge on any atom is 0.161 e. The molecule has 1 saturated carbocycles. The van der Waals surface area contributed by atoms with Crippen LogP contribution in [-0.2, 0) is 0 Å². The molecule has 0 spiro atoms. The summed E-state index contributed by atoms with van der Waals surface area (Å²) in [7, 11) is 4.04. The molecule has 2 rings (SSSR count). The minimum atomic E-state index is 0.426. The van der Waals surface area contributed by atoms with Crippen LogP contribution < -0.4 is 9.64 Å². The number of pyridine rings is 1. The summed E-state index contributed by atoms with van der Waals surface area (Å²) in [6, 6.07) is 2.04. The highest BCUT2D eigenvalue weighted by molar-refractivity contribution is 14.1. The highest BCUT2D eigenvalue weighted by atomic mass is 127. The molecule has 1 fully saturated rings. The van der Waals surface area contributed by atoms with Crippen molar-refractivity contribution in [2.24, 2.45) is 0 Å². The van der Waals surface area contributed by atoms with Crippen molar-refractivity contribution in [2.45, 2.75) is 18.9 Å². The van der Waals surface area contributed by atoms with Gasteiger partial charge in [-0.1, -0.05) is 0 Å². The normalized spacial score (nSPS) is 15.4. The Balaban J connectivity index is 2.26. The predicted octanol–water partition coefficient (Wildman–Crippen LogP) is 2.29. The van der Waals surface area contributed by atoms with Gasteiger partial charge in [0, 0.05) is 14.1 Å². The van der Waals surface area contributed by atoms with Crippen LogP contribution in [0.3, 0.4) is 0 Å². The maximum absolute atomic E-state index is 5.77. The summed E-state index contributed by atoms with van der Waals surface area (Å²) in [5.41, 5.74) is 1.11. The Kier molecular flexibility index (Phi) is 2.80.